The molecule has 5 rings (SSSR count). The van der Waals surface area contributed by atoms with Crippen LogP contribution in [0.15, 0.2) is 59.1 Å². The number of hydrogen-bond acceptors (Lipinski definition) is 4. The first-order valence-corrected chi connectivity index (χ1v) is 14.2. The first kappa shape index (κ1) is 27.8. The van der Waals surface area contributed by atoms with Crippen molar-refractivity contribution in [1.29, 1.82) is 0 Å². The summed E-state index contributed by atoms with van der Waals surface area (Å²) >= 11 is 6.07. The smallest absolute Gasteiger partial charge is 0.395 e. The first-order valence-electron chi connectivity index (χ1n) is 12.4. The van der Waals surface area contributed by atoms with Gasteiger partial charge in [0.25, 0.3) is 0 Å². The van der Waals surface area contributed by atoms with Gasteiger partial charge in [0.1, 0.15) is 10.7 Å². The average Bonchev–Trinajstić information content (AvgIpc) is 3.41. The molecule has 2 aromatic carbocycles. The summed E-state index contributed by atoms with van der Waals surface area (Å²) in [5.74, 6) is -0.518. The summed E-state index contributed by atoms with van der Waals surface area (Å²) in [6.45, 7) is 1.27. The van der Waals surface area contributed by atoms with Gasteiger partial charge in [-0.1, -0.05) is 24.1 Å². The number of allylic oxidation sites excluding steroid dienone is 1. The van der Waals surface area contributed by atoms with E-state index in [4.69, 9.17) is 11.6 Å². The van der Waals surface area contributed by atoms with Crippen molar-refractivity contribution in [3.05, 3.63) is 81.9 Å². The number of sulfonamides is 1. The van der Waals surface area contributed by atoms with E-state index in [9.17, 15) is 31.1 Å². The minimum Gasteiger partial charge on any atom is -0.395 e. The molecule has 208 valence electrons. The third-order valence-electron chi connectivity index (χ3n) is 7.87. The van der Waals surface area contributed by atoms with E-state index in [2.05, 4.69) is 12.0 Å². The fraction of sp³-hybridized carbons (Fsp3) is 0.370. The molecule has 0 spiro atoms. The highest BCUT2D eigenvalue weighted by atomic mass is 35.5. The number of aliphatic hydroxyl groups is 1. The molecule has 2 aliphatic rings. The SMILES string of the molecule is CC12Cc3cnn(-c4ccc(F)cc4)c3C=C1CC[C@@H]2CN(CCO)S(=O)(=O)c1cc(C(F)(F)F)ccc1Cl. The molecule has 0 bridgehead atoms. The number of rotatable bonds is 7. The molecular weight excluding hydrogens is 558 g/mol. The van der Waals surface area contributed by atoms with Crippen molar-refractivity contribution in [3.8, 4) is 5.69 Å². The topological polar surface area (TPSA) is 75.4 Å². The maximum absolute atomic E-state index is 13.6. The van der Waals surface area contributed by atoms with Crippen LogP contribution in [0.5, 0.6) is 0 Å². The molecule has 0 aliphatic heterocycles. The number of hydrogen-bond donors (Lipinski definition) is 1. The molecule has 1 heterocycles. The third kappa shape index (κ3) is 5.01. The van der Waals surface area contributed by atoms with Gasteiger partial charge < -0.3 is 5.11 Å². The van der Waals surface area contributed by atoms with Gasteiger partial charge >= 0.3 is 6.18 Å². The highest BCUT2D eigenvalue weighted by molar-refractivity contribution is 7.89. The molecule has 0 saturated heterocycles. The maximum Gasteiger partial charge on any atom is 0.416 e. The van der Waals surface area contributed by atoms with Crippen molar-refractivity contribution in [2.75, 3.05) is 19.7 Å². The highest BCUT2D eigenvalue weighted by Gasteiger charge is 2.47. The molecule has 6 nitrogen and oxygen atoms in total. The Kier molecular flexibility index (Phi) is 7.15. The Morgan fingerprint density at radius 2 is 1.92 bits per heavy atom. The molecule has 1 saturated carbocycles. The van der Waals surface area contributed by atoms with Crippen LogP contribution in [-0.2, 0) is 22.6 Å². The molecule has 12 heteroatoms. The zero-order chi connectivity index (χ0) is 28.2. The van der Waals surface area contributed by atoms with Crippen LogP contribution in [0.4, 0.5) is 17.6 Å². The van der Waals surface area contributed by atoms with Gasteiger partial charge in [-0.2, -0.15) is 22.6 Å². The highest BCUT2D eigenvalue weighted by Crippen LogP contribution is 2.53. The molecule has 2 aliphatic carbocycles. The number of benzene rings is 2. The second kappa shape index (κ2) is 10.0. The van der Waals surface area contributed by atoms with Crippen LogP contribution in [0.25, 0.3) is 11.8 Å². The predicted octanol–water partition coefficient (Wildman–Crippen LogP) is 5.72. The van der Waals surface area contributed by atoms with Gasteiger partial charge in [0.05, 0.1) is 34.8 Å². The Morgan fingerprint density at radius 1 is 1.21 bits per heavy atom. The van der Waals surface area contributed by atoms with Gasteiger partial charge in [-0.3, -0.25) is 0 Å². The predicted molar refractivity (Wildman–Crippen MR) is 138 cm³/mol. The zero-order valence-corrected chi connectivity index (χ0v) is 22.5. The van der Waals surface area contributed by atoms with Crippen LogP contribution in [0, 0.1) is 17.2 Å². The second-order valence-electron chi connectivity index (χ2n) is 10.2. The maximum atomic E-state index is 13.6. The number of alkyl halides is 3. The number of aliphatic hydroxyl groups excluding tert-OH is 1. The molecule has 2 atom stereocenters. The van der Waals surface area contributed by atoms with E-state index in [-0.39, 0.29) is 29.8 Å². The normalized spacial score (nSPS) is 21.1. The Bertz CT molecular complexity index is 1540. The van der Waals surface area contributed by atoms with Crippen LogP contribution < -0.4 is 0 Å². The lowest BCUT2D eigenvalue weighted by molar-refractivity contribution is -0.137. The number of aromatic nitrogens is 2. The van der Waals surface area contributed by atoms with Crippen molar-refractivity contribution in [2.24, 2.45) is 11.3 Å². The van der Waals surface area contributed by atoms with Gasteiger partial charge in [0.15, 0.2) is 0 Å². The van der Waals surface area contributed by atoms with Gasteiger partial charge in [-0.05, 0) is 84.7 Å². The lowest BCUT2D eigenvalue weighted by Gasteiger charge is -2.38. The molecule has 39 heavy (non-hydrogen) atoms. The van der Waals surface area contributed by atoms with E-state index < -0.39 is 38.7 Å². The number of halogens is 5. The molecule has 0 radical (unpaired) electrons. The Hall–Kier alpha value is -2.73. The monoisotopic (exact) mass is 583 g/mol. The van der Waals surface area contributed by atoms with E-state index in [1.807, 2.05) is 6.08 Å². The fourth-order valence-electron chi connectivity index (χ4n) is 5.70. The molecular formula is C27H26ClF4N3O3S. The average molecular weight is 584 g/mol. The van der Waals surface area contributed by atoms with Gasteiger partial charge in [-0.15, -0.1) is 0 Å². The molecule has 1 aromatic heterocycles. The second-order valence-corrected chi connectivity index (χ2v) is 12.5. The zero-order valence-electron chi connectivity index (χ0n) is 20.9. The van der Waals surface area contributed by atoms with E-state index >= 15 is 0 Å². The van der Waals surface area contributed by atoms with Crippen molar-refractivity contribution in [1.82, 2.24) is 14.1 Å². The standard InChI is InChI=1S/C27H26ClF4N3O3S/c1-26-14-17-15-33-35(22-7-5-21(29)6-8-22)24(17)12-18(26)2-3-20(26)16-34(10-11-36)39(37,38)25-13-19(27(30,31)32)4-9-23(25)28/h4-9,12-13,15,20,36H,2-3,10-11,14,16H2,1H3/t20-,26?/m1/s1. The Balaban J connectivity index is 1.45. The fourth-order valence-corrected chi connectivity index (χ4v) is 7.67. The lowest BCUT2D eigenvalue weighted by atomic mass is 9.70. The van der Waals surface area contributed by atoms with Crippen LogP contribution >= 0.6 is 11.6 Å². The van der Waals surface area contributed by atoms with Gasteiger partial charge in [0, 0.05) is 13.1 Å². The summed E-state index contributed by atoms with van der Waals surface area (Å²) < 4.78 is 83.3. The third-order valence-corrected chi connectivity index (χ3v) is 10.2. The largest absolute Gasteiger partial charge is 0.416 e. The molecule has 1 fully saturated rings. The van der Waals surface area contributed by atoms with Crippen LogP contribution in [-0.4, -0.2) is 47.3 Å². The summed E-state index contributed by atoms with van der Waals surface area (Å²) in [6, 6.07) is 8.21. The van der Waals surface area contributed by atoms with E-state index in [0.29, 0.717) is 31.0 Å². The summed E-state index contributed by atoms with van der Waals surface area (Å²) in [4.78, 5) is -0.641. The van der Waals surface area contributed by atoms with Crippen molar-refractivity contribution < 1.29 is 31.1 Å². The Labute approximate surface area is 228 Å². The minimum absolute atomic E-state index is 0.00470. The van der Waals surface area contributed by atoms with Gasteiger partial charge in [0.2, 0.25) is 10.0 Å². The lowest BCUT2D eigenvalue weighted by Crippen LogP contribution is -2.42. The number of nitrogens with zero attached hydrogens (tertiary/aromatic N) is 3. The van der Waals surface area contributed by atoms with Crippen LogP contribution in [0.2, 0.25) is 5.02 Å². The van der Waals surface area contributed by atoms with Crippen molar-refractivity contribution >= 4 is 27.7 Å². The first-order chi connectivity index (χ1) is 18.3. The van der Waals surface area contributed by atoms with E-state index in [1.165, 1.54) is 12.1 Å². The van der Waals surface area contributed by atoms with Gasteiger partial charge in [-0.25, -0.2) is 17.5 Å². The minimum atomic E-state index is -4.74. The quantitative estimate of drug-likeness (QED) is 0.361. The number of fused-ring (bicyclic) bond motifs is 2. The molecule has 0 amide bonds. The van der Waals surface area contributed by atoms with Crippen LogP contribution in [0.1, 0.15) is 36.6 Å². The Morgan fingerprint density at radius 3 is 2.59 bits per heavy atom. The summed E-state index contributed by atoms with van der Waals surface area (Å²) in [6.07, 6.45) is 0.989. The molecule has 1 unspecified atom stereocenters. The van der Waals surface area contributed by atoms with Crippen molar-refractivity contribution in [3.63, 3.8) is 0 Å². The van der Waals surface area contributed by atoms with Crippen LogP contribution in [0.3, 0.4) is 0 Å². The summed E-state index contributed by atoms with van der Waals surface area (Å²) in [7, 11) is -4.45. The molecule has 1 N–H and O–H groups in total. The van der Waals surface area contributed by atoms with Crippen molar-refractivity contribution in [2.45, 2.75) is 37.3 Å². The van der Waals surface area contributed by atoms with E-state index in [0.717, 1.165) is 33.3 Å². The summed E-state index contributed by atoms with van der Waals surface area (Å²) in [5, 5.41) is 13.8. The van der Waals surface area contributed by atoms with E-state index in [1.54, 1.807) is 23.0 Å². The molecule has 3 aromatic rings. The summed E-state index contributed by atoms with van der Waals surface area (Å²) in [5.41, 5.74) is 2.11.